The lowest BCUT2D eigenvalue weighted by atomic mass is 10.2. The van der Waals surface area contributed by atoms with Crippen LogP contribution in [0.15, 0.2) is 28.7 Å². The van der Waals surface area contributed by atoms with Gasteiger partial charge in [0.2, 0.25) is 0 Å². The summed E-state index contributed by atoms with van der Waals surface area (Å²) in [5, 5.41) is 8.52. The molecule has 1 aromatic rings. The molecule has 0 fully saturated rings. The highest BCUT2D eigenvalue weighted by Crippen LogP contribution is 2.15. The second-order valence-electron chi connectivity index (χ2n) is 2.62. The van der Waals surface area contributed by atoms with Crippen molar-refractivity contribution in [1.29, 1.82) is 0 Å². The average molecular weight is 245 g/mol. The standard InChI is InChI=1S/C10H10BrFO/c11-9-5-8(3-1-2-4-13)6-10(12)7-9/h1,3,5-7,13H,2,4H2. The minimum absolute atomic E-state index is 0.118. The first kappa shape index (κ1) is 10.4. The van der Waals surface area contributed by atoms with E-state index in [4.69, 9.17) is 5.11 Å². The van der Waals surface area contributed by atoms with E-state index >= 15 is 0 Å². The number of aliphatic hydroxyl groups is 1. The van der Waals surface area contributed by atoms with E-state index in [2.05, 4.69) is 15.9 Å². The Morgan fingerprint density at radius 3 is 2.77 bits per heavy atom. The molecule has 0 saturated heterocycles. The molecule has 70 valence electrons. The summed E-state index contributed by atoms with van der Waals surface area (Å²) in [6.07, 6.45) is 4.18. The zero-order chi connectivity index (χ0) is 9.68. The minimum Gasteiger partial charge on any atom is -0.396 e. The zero-order valence-electron chi connectivity index (χ0n) is 7.00. The average Bonchev–Trinajstić information content (AvgIpc) is 2.03. The Morgan fingerprint density at radius 1 is 1.38 bits per heavy atom. The third kappa shape index (κ3) is 3.70. The van der Waals surface area contributed by atoms with Crippen LogP contribution in [0.2, 0.25) is 0 Å². The van der Waals surface area contributed by atoms with Crippen molar-refractivity contribution in [2.75, 3.05) is 6.61 Å². The van der Waals surface area contributed by atoms with Gasteiger partial charge in [-0.3, -0.25) is 0 Å². The highest BCUT2D eigenvalue weighted by molar-refractivity contribution is 9.10. The van der Waals surface area contributed by atoms with Crippen molar-refractivity contribution in [2.45, 2.75) is 6.42 Å². The molecule has 0 heterocycles. The first-order chi connectivity index (χ1) is 6.22. The predicted octanol–water partition coefficient (Wildman–Crippen LogP) is 2.98. The van der Waals surface area contributed by atoms with Gasteiger partial charge in [-0.15, -0.1) is 0 Å². The molecule has 0 radical (unpaired) electrons. The highest BCUT2D eigenvalue weighted by atomic mass is 79.9. The predicted molar refractivity (Wildman–Crippen MR) is 54.8 cm³/mol. The zero-order valence-corrected chi connectivity index (χ0v) is 8.59. The SMILES string of the molecule is OCCC=Cc1cc(F)cc(Br)c1. The van der Waals surface area contributed by atoms with Crippen molar-refractivity contribution >= 4 is 22.0 Å². The van der Waals surface area contributed by atoms with Crippen LogP contribution in [0.3, 0.4) is 0 Å². The number of aliphatic hydroxyl groups excluding tert-OH is 1. The Balaban J connectivity index is 2.77. The fraction of sp³-hybridized carbons (Fsp3) is 0.200. The summed E-state index contributed by atoms with van der Waals surface area (Å²) in [7, 11) is 0. The molecular weight excluding hydrogens is 235 g/mol. The van der Waals surface area contributed by atoms with Gasteiger partial charge in [-0.1, -0.05) is 28.1 Å². The minimum atomic E-state index is -0.266. The number of hydrogen-bond donors (Lipinski definition) is 1. The third-order valence-corrected chi connectivity index (χ3v) is 1.95. The molecule has 0 atom stereocenters. The van der Waals surface area contributed by atoms with Crippen molar-refractivity contribution in [2.24, 2.45) is 0 Å². The molecule has 0 aromatic heterocycles. The van der Waals surface area contributed by atoms with Crippen LogP contribution in [0.5, 0.6) is 0 Å². The molecule has 0 aliphatic heterocycles. The van der Waals surface area contributed by atoms with Crippen LogP contribution in [0.4, 0.5) is 4.39 Å². The van der Waals surface area contributed by atoms with E-state index in [-0.39, 0.29) is 12.4 Å². The first-order valence-electron chi connectivity index (χ1n) is 3.96. The molecule has 0 amide bonds. The van der Waals surface area contributed by atoms with Gasteiger partial charge in [0.05, 0.1) is 0 Å². The summed E-state index contributed by atoms with van der Waals surface area (Å²) in [4.78, 5) is 0. The van der Waals surface area contributed by atoms with E-state index in [0.29, 0.717) is 6.42 Å². The van der Waals surface area contributed by atoms with Crippen molar-refractivity contribution in [3.8, 4) is 0 Å². The van der Waals surface area contributed by atoms with Gasteiger partial charge in [-0.2, -0.15) is 0 Å². The van der Waals surface area contributed by atoms with E-state index < -0.39 is 0 Å². The maximum atomic E-state index is 12.8. The number of benzene rings is 1. The van der Waals surface area contributed by atoms with Gasteiger partial charge in [0.15, 0.2) is 0 Å². The van der Waals surface area contributed by atoms with Crippen LogP contribution in [0, 0.1) is 5.82 Å². The quantitative estimate of drug-likeness (QED) is 0.867. The van der Waals surface area contributed by atoms with Crippen LogP contribution in [0.25, 0.3) is 6.08 Å². The molecule has 1 nitrogen and oxygen atoms in total. The van der Waals surface area contributed by atoms with Gasteiger partial charge >= 0.3 is 0 Å². The molecular formula is C10H10BrFO. The maximum Gasteiger partial charge on any atom is 0.124 e. The van der Waals surface area contributed by atoms with Crippen LogP contribution < -0.4 is 0 Å². The topological polar surface area (TPSA) is 20.2 Å². The van der Waals surface area contributed by atoms with Crippen molar-refractivity contribution in [3.05, 3.63) is 40.1 Å². The van der Waals surface area contributed by atoms with Gasteiger partial charge in [-0.25, -0.2) is 4.39 Å². The van der Waals surface area contributed by atoms with Gasteiger partial charge in [0.25, 0.3) is 0 Å². The summed E-state index contributed by atoms with van der Waals surface area (Å²) >= 11 is 3.20. The second kappa shape index (κ2) is 5.14. The fourth-order valence-electron chi connectivity index (χ4n) is 0.965. The Kier molecular flexibility index (Phi) is 4.12. The Bertz CT molecular complexity index is 290. The molecule has 1 aromatic carbocycles. The molecule has 0 unspecified atom stereocenters. The molecule has 0 saturated carbocycles. The molecule has 3 heteroatoms. The Morgan fingerprint density at radius 2 is 2.15 bits per heavy atom. The number of rotatable bonds is 3. The smallest absolute Gasteiger partial charge is 0.124 e. The normalized spacial score (nSPS) is 11.0. The monoisotopic (exact) mass is 244 g/mol. The van der Waals surface area contributed by atoms with Crippen molar-refractivity contribution < 1.29 is 9.50 Å². The van der Waals surface area contributed by atoms with Crippen molar-refractivity contribution in [3.63, 3.8) is 0 Å². The summed E-state index contributed by atoms with van der Waals surface area (Å²) < 4.78 is 13.5. The van der Waals surface area contributed by atoms with E-state index in [1.165, 1.54) is 12.1 Å². The maximum absolute atomic E-state index is 12.8. The third-order valence-electron chi connectivity index (χ3n) is 1.49. The Labute approximate surface area is 85.0 Å². The van der Waals surface area contributed by atoms with Crippen LogP contribution in [-0.4, -0.2) is 11.7 Å². The lowest BCUT2D eigenvalue weighted by Crippen LogP contribution is -1.79. The van der Waals surface area contributed by atoms with E-state index in [9.17, 15) is 4.39 Å². The number of halogens is 2. The second-order valence-corrected chi connectivity index (χ2v) is 3.53. The van der Waals surface area contributed by atoms with Gasteiger partial charge in [0, 0.05) is 11.1 Å². The van der Waals surface area contributed by atoms with Crippen molar-refractivity contribution in [1.82, 2.24) is 0 Å². The molecule has 13 heavy (non-hydrogen) atoms. The van der Waals surface area contributed by atoms with Crippen LogP contribution in [0.1, 0.15) is 12.0 Å². The summed E-state index contributed by atoms with van der Waals surface area (Å²) in [6, 6.07) is 4.67. The molecule has 1 rings (SSSR count). The van der Waals surface area contributed by atoms with E-state index in [1.807, 2.05) is 6.07 Å². The highest BCUT2D eigenvalue weighted by Gasteiger charge is 1.94. The Hall–Kier alpha value is -0.670. The van der Waals surface area contributed by atoms with Gasteiger partial charge in [-0.05, 0) is 30.2 Å². The molecule has 1 N–H and O–H groups in total. The molecule has 0 spiro atoms. The number of hydrogen-bond acceptors (Lipinski definition) is 1. The largest absolute Gasteiger partial charge is 0.396 e. The summed E-state index contributed by atoms with van der Waals surface area (Å²) in [5.74, 6) is -0.266. The lowest BCUT2D eigenvalue weighted by molar-refractivity contribution is 0.303. The summed E-state index contributed by atoms with van der Waals surface area (Å²) in [5.41, 5.74) is 0.792. The fourth-order valence-corrected chi connectivity index (χ4v) is 1.45. The molecule has 0 aliphatic carbocycles. The van der Waals surface area contributed by atoms with Gasteiger partial charge < -0.3 is 5.11 Å². The van der Waals surface area contributed by atoms with E-state index in [0.717, 1.165) is 10.0 Å². The van der Waals surface area contributed by atoms with Crippen LogP contribution in [-0.2, 0) is 0 Å². The summed E-state index contributed by atoms with van der Waals surface area (Å²) in [6.45, 7) is 0.118. The first-order valence-corrected chi connectivity index (χ1v) is 4.75. The van der Waals surface area contributed by atoms with E-state index in [1.54, 1.807) is 12.2 Å². The lowest BCUT2D eigenvalue weighted by Gasteiger charge is -1.95. The van der Waals surface area contributed by atoms with Crippen LogP contribution >= 0.6 is 15.9 Å². The molecule has 0 bridgehead atoms. The van der Waals surface area contributed by atoms with Gasteiger partial charge in [0.1, 0.15) is 5.82 Å². The molecule has 0 aliphatic rings.